The summed E-state index contributed by atoms with van der Waals surface area (Å²) in [6.45, 7) is 4.86. The standard InChI is InChI=1S/C20H23ClN4O5/c1-12-3-6-18(30-12)20(27)22-14-7-9-24(10-8-14)13(2)19(26)23-17-5-4-15(25(28)29)11-16(17)21/h3-6,11,13-14H,7-10H2,1-2H3,(H,22,27)(H,23,26). The van der Waals surface area contributed by atoms with Gasteiger partial charge in [-0.25, -0.2) is 0 Å². The Bertz CT molecular complexity index is 952. The number of nitro benzene ring substituents is 1. The first-order valence-electron chi connectivity index (χ1n) is 9.60. The third kappa shape index (κ3) is 5.17. The maximum Gasteiger partial charge on any atom is 0.287 e. The molecular formula is C20H23ClN4O5. The molecule has 1 aromatic heterocycles. The number of carbonyl (C=O) groups excluding carboxylic acids is 2. The molecule has 0 aliphatic carbocycles. The highest BCUT2D eigenvalue weighted by Gasteiger charge is 2.28. The van der Waals surface area contributed by atoms with Crippen LogP contribution >= 0.6 is 11.6 Å². The summed E-state index contributed by atoms with van der Waals surface area (Å²) >= 11 is 6.05. The van der Waals surface area contributed by atoms with Gasteiger partial charge in [-0.05, 0) is 44.9 Å². The van der Waals surface area contributed by atoms with Gasteiger partial charge in [0.25, 0.3) is 11.6 Å². The Morgan fingerprint density at radius 1 is 1.27 bits per heavy atom. The molecule has 160 valence electrons. The monoisotopic (exact) mass is 434 g/mol. The molecule has 1 unspecified atom stereocenters. The van der Waals surface area contributed by atoms with Crippen LogP contribution in [0.3, 0.4) is 0 Å². The van der Waals surface area contributed by atoms with Crippen molar-refractivity contribution in [3.05, 3.63) is 57.0 Å². The number of amides is 2. The molecule has 3 rings (SSSR count). The number of benzene rings is 1. The number of carbonyl (C=O) groups is 2. The van der Waals surface area contributed by atoms with Crippen LogP contribution in [-0.2, 0) is 4.79 Å². The van der Waals surface area contributed by atoms with Crippen molar-refractivity contribution in [3.8, 4) is 0 Å². The maximum atomic E-state index is 12.6. The van der Waals surface area contributed by atoms with Gasteiger partial charge in [-0.15, -0.1) is 0 Å². The minimum atomic E-state index is -0.546. The Hall–Kier alpha value is -2.91. The van der Waals surface area contributed by atoms with Crippen molar-refractivity contribution >= 4 is 34.8 Å². The van der Waals surface area contributed by atoms with E-state index in [1.165, 1.54) is 18.2 Å². The van der Waals surface area contributed by atoms with Gasteiger partial charge in [0.05, 0.1) is 21.7 Å². The molecule has 1 fully saturated rings. The van der Waals surface area contributed by atoms with Gasteiger partial charge in [-0.2, -0.15) is 0 Å². The quantitative estimate of drug-likeness (QED) is 0.531. The molecule has 0 saturated carbocycles. The number of hydrogen-bond donors (Lipinski definition) is 2. The molecule has 1 aromatic carbocycles. The van der Waals surface area contributed by atoms with Gasteiger partial charge in [0, 0.05) is 31.3 Å². The van der Waals surface area contributed by atoms with E-state index in [2.05, 4.69) is 10.6 Å². The topological polar surface area (TPSA) is 118 Å². The first kappa shape index (κ1) is 21.8. The van der Waals surface area contributed by atoms with Crippen LogP contribution in [0, 0.1) is 17.0 Å². The Kier molecular flexibility index (Phi) is 6.73. The van der Waals surface area contributed by atoms with Crippen LogP contribution in [0.15, 0.2) is 34.7 Å². The first-order chi connectivity index (χ1) is 14.2. The van der Waals surface area contributed by atoms with Gasteiger partial charge in [0.15, 0.2) is 5.76 Å². The number of halogens is 1. The number of furan rings is 1. The Labute approximate surface area is 178 Å². The summed E-state index contributed by atoms with van der Waals surface area (Å²) in [5.74, 6) is 0.491. The van der Waals surface area contributed by atoms with Crippen LogP contribution in [0.5, 0.6) is 0 Å². The molecule has 2 amide bonds. The van der Waals surface area contributed by atoms with E-state index in [-0.39, 0.29) is 28.6 Å². The van der Waals surface area contributed by atoms with Crippen LogP contribution in [0.25, 0.3) is 0 Å². The van der Waals surface area contributed by atoms with Gasteiger partial charge in [0.1, 0.15) is 5.76 Å². The van der Waals surface area contributed by atoms with E-state index in [1.54, 1.807) is 26.0 Å². The number of aryl methyl sites for hydroxylation is 1. The van der Waals surface area contributed by atoms with E-state index in [0.29, 0.717) is 43.1 Å². The summed E-state index contributed by atoms with van der Waals surface area (Å²) in [5, 5.41) is 16.6. The fourth-order valence-electron chi connectivity index (χ4n) is 3.37. The molecule has 9 nitrogen and oxygen atoms in total. The van der Waals surface area contributed by atoms with Crippen molar-refractivity contribution in [3.63, 3.8) is 0 Å². The highest BCUT2D eigenvalue weighted by atomic mass is 35.5. The predicted octanol–water partition coefficient (Wildman–Crippen LogP) is 3.37. The zero-order valence-electron chi connectivity index (χ0n) is 16.7. The lowest BCUT2D eigenvalue weighted by atomic mass is 10.0. The third-order valence-corrected chi connectivity index (χ3v) is 5.49. The second-order valence-corrected chi connectivity index (χ2v) is 7.69. The zero-order valence-corrected chi connectivity index (χ0v) is 17.4. The number of non-ortho nitro benzene ring substituents is 1. The summed E-state index contributed by atoms with van der Waals surface area (Å²) < 4.78 is 5.34. The fraction of sp³-hybridized carbons (Fsp3) is 0.400. The van der Waals surface area contributed by atoms with E-state index < -0.39 is 11.0 Å². The average molecular weight is 435 g/mol. The van der Waals surface area contributed by atoms with E-state index >= 15 is 0 Å². The SMILES string of the molecule is Cc1ccc(C(=O)NC2CCN(C(C)C(=O)Nc3ccc([N+](=O)[O-])cc3Cl)CC2)o1. The van der Waals surface area contributed by atoms with Crippen LogP contribution in [0.1, 0.15) is 36.1 Å². The molecule has 0 spiro atoms. The first-order valence-corrected chi connectivity index (χ1v) is 9.98. The maximum absolute atomic E-state index is 12.6. The molecule has 1 saturated heterocycles. The fourth-order valence-corrected chi connectivity index (χ4v) is 3.59. The molecule has 2 aromatic rings. The van der Waals surface area contributed by atoms with Crippen LogP contribution < -0.4 is 10.6 Å². The molecule has 10 heteroatoms. The van der Waals surface area contributed by atoms with E-state index in [9.17, 15) is 19.7 Å². The van der Waals surface area contributed by atoms with E-state index in [0.717, 1.165) is 0 Å². The molecule has 1 aliphatic heterocycles. The van der Waals surface area contributed by atoms with Gasteiger partial charge in [-0.1, -0.05) is 11.6 Å². The number of nitro groups is 1. The number of hydrogen-bond acceptors (Lipinski definition) is 6. The highest BCUT2D eigenvalue weighted by Crippen LogP contribution is 2.27. The van der Waals surface area contributed by atoms with Gasteiger partial charge in [-0.3, -0.25) is 24.6 Å². The smallest absolute Gasteiger partial charge is 0.287 e. The molecule has 0 bridgehead atoms. The third-order valence-electron chi connectivity index (χ3n) is 5.18. The summed E-state index contributed by atoms with van der Waals surface area (Å²) in [4.78, 5) is 37.1. The second kappa shape index (κ2) is 9.27. The average Bonchev–Trinajstić information content (AvgIpc) is 3.16. The molecule has 2 N–H and O–H groups in total. The second-order valence-electron chi connectivity index (χ2n) is 7.28. The van der Waals surface area contributed by atoms with Crippen molar-refractivity contribution < 1.29 is 18.9 Å². The van der Waals surface area contributed by atoms with Gasteiger partial charge >= 0.3 is 0 Å². The molecule has 30 heavy (non-hydrogen) atoms. The Morgan fingerprint density at radius 3 is 2.53 bits per heavy atom. The van der Waals surface area contributed by atoms with Crippen LogP contribution in [0.4, 0.5) is 11.4 Å². The number of nitrogens with one attached hydrogen (secondary N) is 2. The normalized spacial score (nSPS) is 16.1. The van der Waals surface area contributed by atoms with E-state index in [4.69, 9.17) is 16.0 Å². The van der Waals surface area contributed by atoms with Crippen molar-refractivity contribution in [2.24, 2.45) is 0 Å². The number of nitrogens with zero attached hydrogens (tertiary/aromatic N) is 2. The lowest BCUT2D eigenvalue weighted by molar-refractivity contribution is -0.384. The van der Waals surface area contributed by atoms with Crippen molar-refractivity contribution in [2.75, 3.05) is 18.4 Å². The lowest BCUT2D eigenvalue weighted by Crippen LogP contribution is -2.50. The van der Waals surface area contributed by atoms with Crippen molar-refractivity contribution in [1.29, 1.82) is 0 Å². The van der Waals surface area contributed by atoms with Crippen LogP contribution in [0.2, 0.25) is 5.02 Å². The molecular weight excluding hydrogens is 412 g/mol. The van der Waals surface area contributed by atoms with Crippen molar-refractivity contribution in [1.82, 2.24) is 10.2 Å². The Morgan fingerprint density at radius 2 is 1.97 bits per heavy atom. The van der Waals surface area contributed by atoms with E-state index in [1.807, 2.05) is 4.90 Å². The minimum Gasteiger partial charge on any atom is -0.456 e. The molecule has 1 aliphatic rings. The molecule has 2 heterocycles. The van der Waals surface area contributed by atoms with Crippen LogP contribution in [-0.4, -0.2) is 46.8 Å². The number of likely N-dealkylation sites (tertiary alicyclic amines) is 1. The minimum absolute atomic E-state index is 0.0125. The molecule has 0 radical (unpaired) electrons. The number of piperidine rings is 1. The van der Waals surface area contributed by atoms with Gasteiger partial charge < -0.3 is 15.1 Å². The summed E-state index contributed by atoms with van der Waals surface area (Å²) in [6.07, 6.45) is 1.42. The van der Waals surface area contributed by atoms with Gasteiger partial charge in [0.2, 0.25) is 5.91 Å². The van der Waals surface area contributed by atoms with Crippen molar-refractivity contribution in [2.45, 2.75) is 38.8 Å². The largest absolute Gasteiger partial charge is 0.456 e. The Balaban J connectivity index is 1.51. The lowest BCUT2D eigenvalue weighted by Gasteiger charge is -2.35. The number of rotatable bonds is 6. The summed E-state index contributed by atoms with van der Waals surface area (Å²) in [7, 11) is 0. The summed E-state index contributed by atoms with van der Waals surface area (Å²) in [5.41, 5.74) is 0.190. The zero-order chi connectivity index (χ0) is 21.8. The molecule has 1 atom stereocenters. The number of anilines is 1. The summed E-state index contributed by atoms with van der Waals surface area (Å²) in [6, 6.07) is 6.91. The predicted molar refractivity (Wildman–Crippen MR) is 112 cm³/mol. The highest BCUT2D eigenvalue weighted by molar-refractivity contribution is 6.34.